The molecule has 6 rings (SSSR count). The highest BCUT2D eigenvalue weighted by molar-refractivity contribution is 5.98. The number of aromatic nitrogens is 7. The summed E-state index contributed by atoms with van der Waals surface area (Å²) in [5.41, 5.74) is 10.5. The molecule has 44 heavy (non-hydrogen) atoms. The number of cyclic esters (lactones) is 1. The Morgan fingerprint density at radius 2 is 2.09 bits per heavy atom. The van der Waals surface area contributed by atoms with Gasteiger partial charge in [0.15, 0.2) is 17.7 Å². The van der Waals surface area contributed by atoms with Crippen LogP contribution in [-0.4, -0.2) is 87.8 Å². The maximum absolute atomic E-state index is 12.1. The maximum Gasteiger partial charge on any atom is 0.342 e. The number of carbonyl (C=O) groups excluding carboxylic acids is 1. The molecule has 4 atom stereocenters. The summed E-state index contributed by atoms with van der Waals surface area (Å²) in [4.78, 5) is 24.4. The molecule has 1 fully saturated rings. The van der Waals surface area contributed by atoms with E-state index in [1.807, 2.05) is 19.9 Å². The van der Waals surface area contributed by atoms with Crippen molar-refractivity contribution in [3.8, 4) is 11.5 Å². The molecule has 0 spiro atoms. The number of allylic oxidation sites excluding steroid dienone is 1. The van der Waals surface area contributed by atoms with Crippen LogP contribution in [0.5, 0.6) is 11.5 Å². The molecule has 1 saturated heterocycles. The van der Waals surface area contributed by atoms with Crippen LogP contribution in [0.4, 0.5) is 5.82 Å². The summed E-state index contributed by atoms with van der Waals surface area (Å²) in [5.74, 6) is 0.110. The predicted octanol–water partition coefficient (Wildman–Crippen LogP) is 0.291. The number of aliphatic hydroxyl groups excluding tert-OH is 2. The van der Waals surface area contributed by atoms with E-state index >= 15 is 0 Å². The van der Waals surface area contributed by atoms with Gasteiger partial charge in [0.1, 0.15) is 53.8 Å². The van der Waals surface area contributed by atoms with Crippen molar-refractivity contribution in [2.75, 3.05) is 19.4 Å². The van der Waals surface area contributed by atoms with Gasteiger partial charge in [-0.25, -0.2) is 24.4 Å². The molecule has 0 amide bonds. The molecule has 4 aromatic rings. The number of esters is 1. The van der Waals surface area contributed by atoms with Crippen molar-refractivity contribution in [1.29, 1.82) is 0 Å². The van der Waals surface area contributed by atoms with Gasteiger partial charge in [-0.05, 0) is 25.8 Å². The number of phenols is 1. The number of nitrogens with zero attached hydrogens (tertiary/aromatic N) is 7. The Bertz CT molecular complexity index is 1750. The number of methoxy groups -OCH3 is 1. The number of ether oxygens (including phenoxy) is 3. The lowest BCUT2D eigenvalue weighted by Gasteiger charge is -2.16. The summed E-state index contributed by atoms with van der Waals surface area (Å²) in [6.45, 7) is 5.04. The number of hydrogen-bond acceptors (Lipinski definition) is 14. The number of nitrogens with one attached hydrogen (secondary N) is 1. The number of phenolic OH excluding ortho intramolecular Hbond substituents is 1. The molecule has 2 aliphatic heterocycles. The Balaban J connectivity index is 1.04. The van der Waals surface area contributed by atoms with Crippen LogP contribution < -0.4 is 15.8 Å². The van der Waals surface area contributed by atoms with Crippen LogP contribution in [0.1, 0.15) is 45.9 Å². The molecular weight excluding hydrogens is 574 g/mol. The fourth-order valence-electron chi connectivity index (χ4n) is 5.62. The van der Waals surface area contributed by atoms with E-state index in [-0.39, 0.29) is 30.3 Å². The van der Waals surface area contributed by atoms with Crippen LogP contribution in [0.25, 0.3) is 11.2 Å². The minimum absolute atomic E-state index is 0.106. The highest BCUT2D eigenvalue weighted by Gasteiger charge is 2.44. The van der Waals surface area contributed by atoms with Crippen molar-refractivity contribution in [3.05, 3.63) is 58.4 Å². The number of nitrogens with two attached hydrogens (primary N) is 1. The minimum atomic E-state index is -1.23. The van der Waals surface area contributed by atoms with Gasteiger partial charge >= 0.3 is 5.97 Å². The van der Waals surface area contributed by atoms with Crippen LogP contribution in [-0.2, 0) is 35.6 Å². The molecule has 6 N–H and O–H groups in total. The summed E-state index contributed by atoms with van der Waals surface area (Å²) < 4.78 is 19.7. The number of fused-ring (bicyclic) bond motifs is 2. The topological polar surface area (TPSA) is 218 Å². The number of hydrogen-bond donors (Lipinski definition) is 5. The lowest BCUT2D eigenvalue weighted by atomic mass is 9.95. The van der Waals surface area contributed by atoms with E-state index < -0.39 is 30.5 Å². The zero-order valence-corrected chi connectivity index (χ0v) is 24.3. The van der Waals surface area contributed by atoms with Gasteiger partial charge in [-0.1, -0.05) is 16.9 Å². The first-order valence-corrected chi connectivity index (χ1v) is 14.0. The largest absolute Gasteiger partial charge is 0.507 e. The molecule has 1 aromatic carbocycles. The fourth-order valence-corrected chi connectivity index (χ4v) is 5.62. The first-order valence-electron chi connectivity index (χ1n) is 14.0. The average Bonchev–Trinajstić information content (AvgIpc) is 3.79. The van der Waals surface area contributed by atoms with E-state index in [9.17, 15) is 20.1 Å². The van der Waals surface area contributed by atoms with Gasteiger partial charge < -0.3 is 40.6 Å². The van der Waals surface area contributed by atoms with Crippen molar-refractivity contribution in [3.63, 3.8) is 0 Å². The molecule has 232 valence electrons. The summed E-state index contributed by atoms with van der Waals surface area (Å²) in [7, 11) is 1.54. The third kappa shape index (κ3) is 5.21. The second-order valence-electron chi connectivity index (χ2n) is 10.8. The van der Waals surface area contributed by atoms with Gasteiger partial charge in [0.25, 0.3) is 0 Å². The molecule has 16 heteroatoms. The van der Waals surface area contributed by atoms with Gasteiger partial charge in [-0.15, -0.1) is 5.10 Å². The number of imidazole rings is 1. The van der Waals surface area contributed by atoms with Gasteiger partial charge in [-0.3, -0.25) is 4.57 Å². The second-order valence-corrected chi connectivity index (χ2v) is 10.8. The minimum Gasteiger partial charge on any atom is -0.507 e. The fraction of sp³-hybridized carbons (Fsp3) is 0.429. The maximum atomic E-state index is 12.1. The van der Waals surface area contributed by atoms with Crippen LogP contribution in [0.2, 0.25) is 0 Å². The molecule has 0 aliphatic carbocycles. The highest BCUT2D eigenvalue weighted by atomic mass is 16.6. The van der Waals surface area contributed by atoms with E-state index in [0.717, 1.165) is 11.1 Å². The van der Waals surface area contributed by atoms with E-state index in [0.29, 0.717) is 53.2 Å². The van der Waals surface area contributed by atoms with Crippen LogP contribution >= 0.6 is 0 Å². The first kappa shape index (κ1) is 29.4. The molecule has 0 unspecified atom stereocenters. The number of nitrogen functional groups attached to an aromatic ring is 1. The van der Waals surface area contributed by atoms with Crippen molar-refractivity contribution in [1.82, 2.24) is 39.8 Å². The average molecular weight is 608 g/mol. The lowest BCUT2D eigenvalue weighted by molar-refractivity contribution is -0.0403. The van der Waals surface area contributed by atoms with Crippen molar-refractivity contribution in [2.45, 2.75) is 64.5 Å². The SMILES string of the molecule is COc1c(C)c2c(c(O)c1C/C=C(\C)CNCc1cn(C[C@@H]3O[C@H](n4cnc5c(N)ncnc54)[C@@H](O)[C@H]3O)nn1)C(=O)OC2. The second kappa shape index (κ2) is 11.8. The molecule has 0 bridgehead atoms. The smallest absolute Gasteiger partial charge is 0.342 e. The number of aromatic hydroxyl groups is 1. The summed E-state index contributed by atoms with van der Waals surface area (Å²) in [5, 5.41) is 43.8. The van der Waals surface area contributed by atoms with E-state index in [1.54, 1.807) is 10.9 Å². The van der Waals surface area contributed by atoms with Gasteiger partial charge in [-0.2, -0.15) is 0 Å². The molecule has 0 radical (unpaired) electrons. The highest BCUT2D eigenvalue weighted by Crippen LogP contribution is 2.42. The quantitative estimate of drug-likeness (QED) is 0.121. The van der Waals surface area contributed by atoms with E-state index in [1.165, 1.54) is 24.3 Å². The van der Waals surface area contributed by atoms with Gasteiger partial charge in [0, 0.05) is 30.4 Å². The van der Waals surface area contributed by atoms with Gasteiger partial charge in [0.05, 0.1) is 25.7 Å². The number of carbonyl (C=O) groups is 1. The zero-order valence-electron chi connectivity index (χ0n) is 24.3. The summed E-state index contributed by atoms with van der Waals surface area (Å²) in [6, 6.07) is 0. The molecule has 2 aliphatic rings. The van der Waals surface area contributed by atoms with Crippen LogP contribution in [0.3, 0.4) is 0 Å². The summed E-state index contributed by atoms with van der Waals surface area (Å²) in [6.07, 6.45) is 2.68. The van der Waals surface area contributed by atoms with Crippen LogP contribution in [0, 0.1) is 6.92 Å². The Morgan fingerprint density at radius 3 is 2.89 bits per heavy atom. The monoisotopic (exact) mass is 607 g/mol. The normalized spacial score (nSPS) is 21.7. The number of aliphatic hydroxyl groups is 2. The molecule has 16 nitrogen and oxygen atoms in total. The Morgan fingerprint density at radius 1 is 1.27 bits per heavy atom. The van der Waals surface area contributed by atoms with Crippen molar-refractivity contribution in [2.24, 2.45) is 0 Å². The first-order chi connectivity index (χ1) is 21.2. The third-order valence-electron chi connectivity index (χ3n) is 7.96. The Hall–Kier alpha value is -4.64. The van der Waals surface area contributed by atoms with Crippen LogP contribution in [0.15, 0.2) is 30.5 Å². The predicted molar refractivity (Wildman–Crippen MR) is 153 cm³/mol. The Kier molecular flexibility index (Phi) is 7.89. The standard InChI is InChI=1S/C28H33N9O7/c1-13(4-5-16-21(38)19-17(10-43-28(19)41)14(2)24(16)42-3)6-30-7-15-8-36(35-34-15)9-18-22(39)23(40)27(44-18)37-12-33-20-25(29)31-11-32-26(20)37/h4,8,11-12,18,22-23,27,30,38-40H,5-7,9-10H2,1-3H3,(H2,29,31,32)/b13-4+/t18-,22-,23-,27-/m0/s1. The number of benzene rings is 1. The number of rotatable bonds is 10. The number of anilines is 1. The molecule has 3 aromatic heterocycles. The van der Waals surface area contributed by atoms with E-state index in [2.05, 4.69) is 30.6 Å². The molecule has 5 heterocycles. The lowest BCUT2D eigenvalue weighted by Crippen LogP contribution is -2.33. The molecule has 0 saturated carbocycles. The third-order valence-corrected chi connectivity index (χ3v) is 7.96. The zero-order chi connectivity index (χ0) is 31.1. The van der Waals surface area contributed by atoms with Gasteiger partial charge in [0.2, 0.25) is 0 Å². The van der Waals surface area contributed by atoms with Crippen molar-refractivity contribution >= 4 is 23.0 Å². The Labute approximate surface area is 251 Å². The van der Waals surface area contributed by atoms with E-state index in [4.69, 9.17) is 19.9 Å². The molecular formula is C28H33N9O7. The van der Waals surface area contributed by atoms with Crippen molar-refractivity contribution < 1.29 is 34.3 Å². The summed E-state index contributed by atoms with van der Waals surface area (Å²) >= 11 is 0.